The molecule has 0 aliphatic heterocycles. The number of para-hydroxylation sites is 1. The molecule has 2 aromatic rings. The first-order chi connectivity index (χ1) is 9.15. The number of nitrogens with zero attached hydrogens (tertiary/aromatic N) is 2. The number of hydrogen-bond donors (Lipinski definition) is 1. The lowest BCUT2D eigenvalue weighted by Gasteiger charge is -2.10. The highest BCUT2D eigenvalue weighted by atomic mass is 16.6. The SMILES string of the molecule is COCCOc1c([N+](=O)[O-])c(N)nc2ccccc12. The number of fused-ring (bicyclic) bond motifs is 1. The van der Waals surface area contributed by atoms with Crippen LogP contribution < -0.4 is 10.5 Å². The van der Waals surface area contributed by atoms with Gasteiger partial charge in [-0.05, 0) is 12.1 Å². The third-order valence-electron chi connectivity index (χ3n) is 2.56. The third kappa shape index (κ3) is 2.55. The van der Waals surface area contributed by atoms with E-state index >= 15 is 0 Å². The first-order valence-corrected chi connectivity index (χ1v) is 5.59. The molecule has 1 heterocycles. The van der Waals surface area contributed by atoms with Gasteiger partial charge < -0.3 is 15.2 Å². The van der Waals surface area contributed by atoms with Gasteiger partial charge in [0.2, 0.25) is 11.6 Å². The summed E-state index contributed by atoms with van der Waals surface area (Å²) < 4.78 is 10.3. The number of anilines is 1. The summed E-state index contributed by atoms with van der Waals surface area (Å²) in [6.45, 7) is 0.526. The molecule has 0 unspecified atom stereocenters. The molecule has 100 valence electrons. The van der Waals surface area contributed by atoms with Crippen molar-refractivity contribution in [1.29, 1.82) is 0 Å². The van der Waals surface area contributed by atoms with Gasteiger partial charge in [0, 0.05) is 12.5 Å². The van der Waals surface area contributed by atoms with Gasteiger partial charge >= 0.3 is 5.69 Å². The maximum atomic E-state index is 11.1. The Labute approximate surface area is 109 Å². The molecule has 2 N–H and O–H groups in total. The summed E-state index contributed by atoms with van der Waals surface area (Å²) in [6, 6.07) is 6.96. The summed E-state index contributed by atoms with van der Waals surface area (Å²) in [5, 5.41) is 11.6. The lowest BCUT2D eigenvalue weighted by Crippen LogP contribution is -2.08. The lowest BCUT2D eigenvalue weighted by molar-refractivity contribution is -0.385. The van der Waals surface area contributed by atoms with Crippen LogP contribution in [0.2, 0.25) is 0 Å². The minimum atomic E-state index is -0.586. The molecule has 19 heavy (non-hydrogen) atoms. The fourth-order valence-electron chi connectivity index (χ4n) is 1.74. The molecule has 1 aromatic carbocycles. The van der Waals surface area contributed by atoms with E-state index in [-0.39, 0.29) is 23.9 Å². The molecule has 7 heteroatoms. The number of nitrogen functional groups attached to an aromatic ring is 1. The average Bonchev–Trinajstić information content (AvgIpc) is 2.38. The van der Waals surface area contributed by atoms with Crippen LogP contribution >= 0.6 is 0 Å². The van der Waals surface area contributed by atoms with Crippen LogP contribution in [0.3, 0.4) is 0 Å². The first kappa shape index (κ1) is 13.0. The van der Waals surface area contributed by atoms with Gasteiger partial charge in [0.25, 0.3) is 0 Å². The number of rotatable bonds is 5. The van der Waals surface area contributed by atoms with Gasteiger partial charge in [-0.2, -0.15) is 0 Å². The average molecular weight is 263 g/mol. The van der Waals surface area contributed by atoms with E-state index in [4.69, 9.17) is 15.2 Å². The van der Waals surface area contributed by atoms with Gasteiger partial charge in [-0.15, -0.1) is 0 Å². The molecule has 0 saturated carbocycles. The summed E-state index contributed by atoms with van der Waals surface area (Å²) in [6.07, 6.45) is 0. The van der Waals surface area contributed by atoms with Crippen molar-refractivity contribution in [2.24, 2.45) is 0 Å². The summed E-state index contributed by atoms with van der Waals surface area (Å²) in [4.78, 5) is 14.5. The number of nitrogens with two attached hydrogens (primary N) is 1. The van der Waals surface area contributed by atoms with Gasteiger partial charge in [-0.25, -0.2) is 4.98 Å². The molecule has 0 fully saturated rings. The Bertz CT molecular complexity index is 615. The van der Waals surface area contributed by atoms with Crippen LogP contribution in [0.4, 0.5) is 11.5 Å². The second-order valence-corrected chi connectivity index (χ2v) is 3.79. The minimum absolute atomic E-state index is 0.130. The highest BCUT2D eigenvalue weighted by Gasteiger charge is 2.24. The van der Waals surface area contributed by atoms with Crippen LogP contribution in [0.1, 0.15) is 0 Å². The Hall–Kier alpha value is -2.41. The van der Waals surface area contributed by atoms with Crippen LogP contribution in [0.15, 0.2) is 24.3 Å². The standard InChI is InChI=1S/C12H13N3O4/c1-18-6-7-19-11-8-4-2-3-5-9(8)14-12(13)10(11)15(16)17/h2-5H,6-7H2,1H3,(H2,13,14). The highest BCUT2D eigenvalue weighted by molar-refractivity contribution is 5.92. The van der Waals surface area contributed by atoms with Crippen molar-refractivity contribution in [3.05, 3.63) is 34.4 Å². The lowest BCUT2D eigenvalue weighted by atomic mass is 10.2. The van der Waals surface area contributed by atoms with Crippen LogP contribution in [0, 0.1) is 10.1 Å². The molecule has 0 saturated heterocycles. The molecule has 0 bridgehead atoms. The number of hydrogen-bond acceptors (Lipinski definition) is 6. The van der Waals surface area contributed by atoms with E-state index in [1.165, 1.54) is 7.11 Å². The van der Waals surface area contributed by atoms with Crippen molar-refractivity contribution in [2.75, 3.05) is 26.1 Å². The van der Waals surface area contributed by atoms with Crippen molar-refractivity contribution < 1.29 is 14.4 Å². The molecular weight excluding hydrogens is 250 g/mol. The molecule has 7 nitrogen and oxygen atoms in total. The van der Waals surface area contributed by atoms with Gasteiger partial charge in [-0.3, -0.25) is 10.1 Å². The second kappa shape index (κ2) is 5.49. The second-order valence-electron chi connectivity index (χ2n) is 3.79. The molecule has 0 spiro atoms. The quantitative estimate of drug-likeness (QED) is 0.501. The predicted octanol–water partition coefficient (Wildman–Crippen LogP) is 1.75. The minimum Gasteiger partial charge on any atom is -0.484 e. The van der Waals surface area contributed by atoms with Gasteiger partial charge in [0.1, 0.15) is 6.61 Å². The number of ether oxygens (including phenoxy) is 2. The van der Waals surface area contributed by atoms with E-state index in [1.807, 2.05) is 0 Å². The van der Waals surface area contributed by atoms with E-state index in [1.54, 1.807) is 24.3 Å². The molecule has 0 aliphatic rings. The maximum absolute atomic E-state index is 11.1. The molecule has 0 radical (unpaired) electrons. The molecular formula is C12H13N3O4. The van der Waals surface area contributed by atoms with Gasteiger partial charge in [0.05, 0.1) is 17.0 Å². The van der Waals surface area contributed by atoms with Crippen LogP contribution in [-0.4, -0.2) is 30.2 Å². The summed E-state index contributed by atoms with van der Waals surface area (Å²) in [5.74, 6) is -0.0266. The fraction of sp³-hybridized carbons (Fsp3) is 0.250. The van der Waals surface area contributed by atoms with Crippen LogP contribution in [-0.2, 0) is 4.74 Å². The van der Waals surface area contributed by atoms with E-state index in [2.05, 4.69) is 4.98 Å². The Balaban J connectivity index is 2.59. The number of benzene rings is 1. The van der Waals surface area contributed by atoms with Gasteiger partial charge in [-0.1, -0.05) is 12.1 Å². The monoisotopic (exact) mass is 263 g/mol. The topological polar surface area (TPSA) is 101 Å². The summed E-state index contributed by atoms with van der Waals surface area (Å²) in [7, 11) is 1.52. The Morgan fingerprint density at radius 3 is 2.79 bits per heavy atom. The maximum Gasteiger partial charge on any atom is 0.353 e. The normalized spacial score (nSPS) is 10.6. The van der Waals surface area contributed by atoms with Crippen molar-refractivity contribution in [3.63, 3.8) is 0 Å². The van der Waals surface area contributed by atoms with Crippen LogP contribution in [0.5, 0.6) is 5.75 Å². The van der Waals surface area contributed by atoms with Crippen molar-refractivity contribution in [2.45, 2.75) is 0 Å². The van der Waals surface area contributed by atoms with Crippen molar-refractivity contribution in [3.8, 4) is 5.75 Å². The van der Waals surface area contributed by atoms with E-state index < -0.39 is 4.92 Å². The number of aromatic nitrogens is 1. The van der Waals surface area contributed by atoms with E-state index in [0.29, 0.717) is 17.5 Å². The number of pyridine rings is 1. The Morgan fingerprint density at radius 1 is 1.37 bits per heavy atom. The number of nitro groups is 1. The number of methoxy groups -OCH3 is 1. The molecule has 2 rings (SSSR count). The molecule has 1 aromatic heterocycles. The van der Waals surface area contributed by atoms with Gasteiger partial charge in [0.15, 0.2) is 0 Å². The summed E-state index contributed by atoms with van der Waals surface area (Å²) in [5.41, 5.74) is 5.87. The van der Waals surface area contributed by atoms with E-state index in [9.17, 15) is 10.1 Å². The molecule has 0 atom stereocenters. The molecule has 0 amide bonds. The predicted molar refractivity (Wildman–Crippen MR) is 70.2 cm³/mol. The third-order valence-corrected chi connectivity index (χ3v) is 2.56. The zero-order chi connectivity index (χ0) is 13.8. The Kier molecular flexibility index (Phi) is 3.76. The highest BCUT2D eigenvalue weighted by Crippen LogP contribution is 2.38. The van der Waals surface area contributed by atoms with Crippen LogP contribution in [0.25, 0.3) is 10.9 Å². The van der Waals surface area contributed by atoms with Crippen molar-refractivity contribution in [1.82, 2.24) is 4.98 Å². The smallest absolute Gasteiger partial charge is 0.353 e. The fourth-order valence-corrected chi connectivity index (χ4v) is 1.74. The zero-order valence-corrected chi connectivity index (χ0v) is 10.3. The first-order valence-electron chi connectivity index (χ1n) is 5.59. The zero-order valence-electron chi connectivity index (χ0n) is 10.3. The largest absolute Gasteiger partial charge is 0.484 e. The van der Waals surface area contributed by atoms with Crippen molar-refractivity contribution >= 4 is 22.4 Å². The molecule has 0 aliphatic carbocycles. The van der Waals surface area contributed by atoms with E-state index in [0.717, 1.165) is 0 Å². The Morgan fingerprint density at radius 2 is 2.11 bits per heavy atom. The summed E-state index contributed by atoms with van der Waals surface area (Å²) >= 11 is 0.